The SMILES string of the molecule is N#Cc1ccc(NNC(=O)c2ccc(Cl)cc2Cl)c(C(F)(F)F)c1. The zero-order valence-corrected chi connectivity index (χ0v) is 13.2. The first-order valence-electron chi connectivity index (χ1n) is 6.35. The maximum Gasteiger partial charge on any atom is 0.418 e. The summed E-state index contributed by atoms with van der Waals surface area (Å²) >= 11 is 11.6. The average Bonchev–Trinajstić information content (AvgIpc) is 2.51. The number of rotatable bonds is 3. The summed E-state index contributed by atoms with van der Waals surface area (Å²) < 4.78 is 39.1. The lowest BCUT2D eigenvalue weighted by Crippen LogP contribution is -2.30. The summed E-state index contributed by atoms with van der Waals surface area (Å²) in [6, 6.07) is 8.64. The highest BCUT2D eigenvalue weighted by Crippen LogP contribution is 2.35. The van der Waals surface area contributed by atoms with Gasteiger partial charge in [-0.05, 0) is 36.4 Å². The van der Waals surface area contributed by atoms with Crippen LogP contribution in [0.5, 0.6) is 0 Å². The number of nitriles is 1. The quantitative estimate of drug-likeness (QED) is 0.770. The number of nitrogens with one attached hydrogen (secondary N) is 2. The van der Waals surface area contributed by atoms with Crippen LogP contribution in [0.4, 0.5) is 18.9 Å². The molecular formula is C15H8Cl2F3N3O. The molecule has 4 nitrogen and oxygen atoms in total. The average molecular weight is 374 g/mol. The van der Waals surface area contributed by atoms with E-state index in [1.165, 1.54) is 24.3 Å². The molecule has 0 atom stereocenters. The zero-order chi connectivity index (χ0) is 17.9. The molecule has 2 rings (SSSR count). The first-order chi connectivity index (χ1) is 11.2. The second-order valence-corrected chi connectivity index (χ2v) is 5.42. The van der Waals surface area contributed by atoms with Crippen LogP contribution in [0, 0.1) is 11.3 Å². The third-order valence-corrected chi connectivity index (χ3v) is 3.49. The topological polar surface area (TPSA) is 64.9 Å². The number of benzene rings is 2. The lowest BCUT2D eigenvalue weighted by molar-refractivity contribution is -0.137. The Kier molecular flexibility index (Phi) is 5.22. The zero-order valence-electron chi connectivity index (χ0n) is 11.7. The minimum Gasteiger partial charge on any atom is -0.298 e. The standard InChI is InChI=1S/C15H8Cl2F3N3O/c16-9-2-3-10(12(17)6-9)14(24)23-22-13-4-1-8(7-21)5-11(13)15(18,19)20/h1-6,22H,(H,23,24). The van der Waals surface area contributed by atoms with E-state index in [9.17, 15) is 18.0 Å². The molecule has 9 heteroatoms. The van der Waals surface area contributed by atoms with Gasteiger partial charge in [-0.2, -0.15) is 18.4 Å². The van der Waals surface area contributed by atoms with Crippen molar-refractivity contribution in [3.05, 3.63) is 63.1 Å². The van der Waals surface area contributed by atoms with E-state index in [-0.39, 0.29) is 16.1 Å². The van der Waals surface area contributed by atoms with Crippen LogP contribution in [0.15, 0.2) is 36.4 Å². The number of hydrogen-bond acceptors (Lipinski definition) is 3. The number of hydrazine groups is 1. The van der Waals surface area contributed by atoms with Crippen molar-refractivity contribution < 1.29 is 18.0 Å². The van der Waals surface area contributed by atoms with Crippen molar-refractivity contribution >= 4 is 34.8 Å². The van der Waals surface area contributed by atoms with Crippen molar-refractivity contribution in [1.29, 1.82) is 5.26 Å². The van der Waals surface area contributed by atoms with Crippen LogP contribution in [0.25, 0.3) is 0 Å². The lowest BCUT2D eigenvalue weighted by Gasteiger charge is -2.15. The third-order valence-electron chi connectivity index (χ3n) is 2.94. The smallest absolute Gasteiger partial charge is 0.298 e. The Morgan fingerprint density at radius 2 is 1.83 bits per heavy atom. The molecule has 2 aromatic rings. The van der Waals surface area contributed by atoms with Crippen LogP contribution in [-0.4, -0.2) is 5.91 Å². The van der Waals surface area contributed by atoms with Gasteiger partial charge in [-0.25, -0.2) is 0 Å². The van der Waals surface area contributed by atoms with Crippen molar-refractivity contribution in [2.24, 2.45) is 0 Å². The van der Waals surface area contributed by atoms with Crippen LogP contribution in [-0.2, 0) is 6.18 Å². The highest BCUT2D eigenvalue weighted by atomic mass is 35.5. The Hall–Kier alpha value is -2.43. The van der Waals surface area contributed by atoms with Gasteiger partial charge in [-0.1, -0.05) is 23.2 Å². The molecule has 0 saturated heterocycles. The van der Waals surface area contributed by atoms with E-state index in [0.29, 0.717) is 11.1 Å². The number of anilines is 1. The normalized spacial score (nSPS) is 10.8. The molecule has 0 unspecified atom stereocenters. The van der Waals surface area contributed by atoms with Crippen LogP contribution in [0.3, 0.4) is 0 Å². The van der Waals surface area contributed by atoms with Crippen molar-refractivity contribution in [3.8, 4) is 6.07 Å². The van der Waals surface area contributed by atoms with Gasteiger partial charge in [-0.15, -0.1) is 0 Å². The lowest BCUT2D eigenvalue weighted by atomic mass is 10.1. The number of nitrogens with zero attached hydrogens (tertiary/aromatic N) is 1. The Labute approximate surface area is 144 Å². The number of hydrogen-bond donors (Lipinski definition) is 2. The summed E-state index contributed by atoms with van der Waals surface area (Å²) in [6.45, 7) is 0. The molecule has 0 aromatic heterocycles. The fourth-order valence-corrected chi connectivity index (χ4v) is 2.32. The second kappa shape index (κ2) is 6.99. The molecule has 1 amide bonds. The van der Waals surface area contributed by atoms with Crippen LogP contribution in [0.1, 0.15) is 21.5 Å². The van der Waals surface area contributed by atoms with Crippen LogP contribution >= 0.6 is 23.2 Å². The summed E-state index contributed by atoms with van der Waals surface area (Å²) in [5.41, 5.74) is 2.72. The monoisotopic (exact) mass is 373 g/mol. The Bertz CT molecular complexity index is 832. The van der Waals surface area contributed by atoms with E-state index in [1.54, 1.807) is 6.07 Å². The van der Waals surface area contributed by atoms with Crippen molar-refractivity contribution in [3.63, 3.8) is 0 Å². The second-order valence-electron chi connectivity index (χ2n) is 4.57. The molecule has 0 bridgehead atoms. The molecule has 0 fully saturated rings. The maximum absolute atomic E-state index is 13.0. The van der Waals surface area contributed by atoms with Crippen molar-refractivity contribution in [1.82, 2.24) is 5.43 Å². The number of halogens is 5. The largest absolute Gasteiger partial charge is 0.418 e. The maximum atomic E-state index is 13.0. The summed E-state index contributed by atoms with van der Waals surface area (Å²) in [5.74, 6) is -0.742. The Balaban J connectivity index is 2.23. The van der Waals surface area contributed by atoms with Crippen LogP contribution < -0.4 is 10.9 Å². The van der Waals surface area contributed by atoms with E-state index in [1.807, 2.05) is 0 Å². The molecule has 0 aliphatic rings. The van der Waals surface area contributed by atoms with Gasteiger partial charge in [0, 0.05) is 5.02 Å². The van der Waals surface area contributed by atoms with E-state index in [0.717, 1.165) is 6.07 Å². The third kappa shape index (κ3) is 4.10. The van der Waals surface area contributed by atoms with Gasteiger partial charge in [0.25, 0.3) is 5.91 Å². The first-order valence-corrected chi connectivity index (χ1v) is 7.10. The molecule has 124 valence electrons. The van der Waals surface area contributed by atoms with Gasteiger partial charge >= 0.3 is 6.18 Å². The highest BCUT2D eigenvalue weighted by molar-refractivity contribution is 6.36. The van der Waals surface area contributed by atoms with E-state index in [2.05, 4.69) is 10.9 Å². The van der Waals surface area contributed by atoms with Gasteiger partial charge in [0.15, 0.2) is 0 Å². The molecule has 0 saturated carbocycles. The molecule has 0 heterocycles. The Morgan fingerprint density at radius 1 is 1.12 bits per heavy atom. The molecule has 2 aromatic carbocycles. The summed E-state index contributed by atoms with van der Waals surface area (Å²) in [5, 5.41) is 9.07. The fraction of sp³-hybridized carbons (Fsp3) is 0.0667. The number of carbonyl (C=O) groups excluding carboxylic acids is 1. The van der Waals surface area contributed by atoms with Gasteiger partial charge in [0.1, 0.15) is 0 Å². The Morgan fingerprint density at radius 3 is 2.42 bits per heavy atom. The number of carbonyl (C=O) groups is 1. The molecule has 0 aliphatic carbocycles. The minimum absolute atomic E-state index is 0.0378. The van der Waals surface area contributed by atoms with Crippen molar-refractivity contribution in [2.45, 2.75) is 6.18 Å². The van der Waals surface area contributed by atoms with Gasteiger partial charge in [-0.3, -0.25) is 15.6 Å². The highest BCUT2D eigenvalue weighted by Gasteiger charge is 2.34. The van der Waals surface area contributed by atoms with E-state index < -0.39 is 23.3 Å². The molecule has 0 spiro atoms. The predicted octanol–water partition coefficient (Wildman–Crippen LogP) is 4.64. The molecular weight excluding hydrogens is 366 g/mol. The first kappa shape index (κ1) is 17.9. The molecule has 0 aliphatic heterocycles. The number of alkyl halides is 3. The van der Waals surface area contributed by atoms with E-state index in [4.69, 9.17) is 28.5 Å². The molecule has 2 N–H and O–H groups in total. The summed E-state index contributed by atoms with van der Waals surface area (Å²) in [4.78, 5) is 12.0. The fourth-order valence-electron chi connectivity index (χ4n) is 1.82. The van der Waals surface area contributed by atoms with Crippen LogP contribution in [0.2, 0.25) is 10.0 Å². The van der Waals surface area contributed by atoms with Gasteiger partial charge < -0.3 is 0 Å². The van der Waals surface area contributed by atoms with Gasteiger partial charge in [0.2, 0.25) is 0 Å². The summed E-state index contributed by atoms with van der Waals surface area (Å²) in [7, 11) is 0. The molecule has 0 radical (unpaired) electrons. The molecule has 24 heavy (non-hydrogen) atoms. The minimum atomic E-state index is -4.70. The van der Waals surface area contributed by atoms with E-state index >= 15 is 0 Å². The van der Waals surface area contributed by atoms with Gasteiger partial charge in [0.05, 0.1) is 33.5 Å². The summed E-state index contributed by atoms with van der Waals surface area (Å²) in [6.07, 6.45) is -4.70. The predicted molar refractivity (Wildman–Crippen MR) is 83.7 cm³/mol. The van der Waals surface area contributed by atoms with Crippen molar-refractivity contribution in [2.75, 3.05) is 5.43 Å². The number of amides is 1.